The predicted octanol–water partition coefficient (Wildman–Crippen LogP) is 1.46. The largest absolute Gasteiger partial charge is 0.335 e. The SMILES string of the molecule is N[C@@H](CC(=O)N1CCn2nccc2C1)Cc1cc(F)ccc1F. The molecule has 1 aliphatic heterocycles. The van der Waals surface area contributed by atoms with E-state index in [1.165, 1.54) is 0 Å². The number of hydrogen-bond acceptors (Lipinski definition) is 3. The van der Waals surface area contributed by atoms with Gasteiger partial charge in [-0.15, -0.1) is 0 Å². The molecular formula is C16H18F2N4O. The first-order chi connectivity index (χ1) is 11.0. The lowest BCUT2D eigenvalue weighted by molar-refractivity contribution is -0.133. The van der Waals surface area contributed by atoms with Gasteiger partial charge in [-0.25, -0.2) is 8.78 Å². The van der Waals surface area contributed by atoms with Gasteiger partial charge in [0, 0.05) is 25.2 Å². The van der Waals surface area contributed by atoms with Gasteiger partial charge in [0.1, 0.15) is 11.6 Å². The monoisotopic (exact) mass is 320 g/mol. The average Bonchev–Trinajstić information content (AvgIpc) is 2.98. The summed E-state index contributed by atoms with van der Waals surface area (Å²) in [7, 11) is 0. The van der Waals surface area contributed by atoms with Crippen LogP contribution in [-0.4, -0.2) is 33.2 Å². The molecule has 23 heavy (non-hydrogen) atoms. The second kappa shape index (κ2) is 6.45. The molecule has 5 nitrogen and oxygen atoms in total. The fraction of sp³-hybridized carbons (Fsp3) is 0.375. The van der Waals surface area contributed by atoms with E-state index < -0.39 is 17.7 Å². The topological polar surface area (TPSA) is 64.2 Å². The Kier molecular flexibility index (Phi) is 4.38. The van der Waals surface area contributed by atoms with Crippen LogP contribution in [0.25, 0.3) is 0 Å². The molecule has 1 aromatic heterocycles. The standard InChI is InChI=1S/C16H18F2N4O/c17-12-1-2-15(18)11(7-12)8-13(19)9-16(23)21-5-6-22-14(10-21)3-4-20-22/h1-4,7,13H,5-6,8-10,19H2/t13-/m1/s1. The van der Waals surface area contributed by atoms with Crippen molar-refractivity contribution in [2.75, 3.05) is 6.54 Å². The number of nitrogens with zero attached hydrogens (tertiary/aromatic N) is 3. The summed E-state index contributed by atoms with van der Waals surface area (Å²) in [6.07, 6.45) is 1.94. The van der Waals surface area contributed by atoms with Gasteiger partial charge in [-0.2, -0.15) is 5.10 Å². The van der Waals surface area contributed by atoms with Crippen molar-refractivity contribution in [1.29, 1.82) is 0 Å². The Hall–Kier alpha value is -2.28. The van der Waals surface area contributed by atoms with E-state index in [9.17, 15) is 13.6 Å². The van der Waals surface area contributed by atoms with Crippen LogP contribution < -0.4 is 5.73 Å². The van der Waals surface area contributed by atoms with Gasteiger partial charge >= 0.3 is 0 Å². The number of aromatic nitrogens is 2. The Labute approximate surface area is 132 Å². The third-order valence-electron chi connectivity index (χ3n) is 4.02. The lowest BCUT2D eigenvalue weighted by Crippen LogP contribution is -2.41. The number of halogens is 2. The van der Waals surface area contributed by atoms with Crippen molar-refractivity contribution < 1.29 is 13.6 Å². The zero-order valence-electron chi connectivity index (χ0n) is 12.6. The van der Waals surface area contributed by atoms with Gasteiger partial charge in [0.2, 0.25) is 5.91 Å². The predicted molar refractivity (Wildman–Crippen MR) is 80.3 cm³/mol. The third kappa shape index (κ3) is 3.56. The maximum Gasteiger partial charge on any atom is 0.224 e. The molecule has 1 aliphatic rings. The van der Waals surface area contributed by atoms with Gasteiger partial charge in [0.05, 0.1) is 18.8 Å². The maximum atomic E-state index is 13.6. The summed E-state index contributed by atoms with van der Waals surface area (Å²) in [6, 6.07) is 4.59. The Morgan fingerprint density at radius 3 is 2.96 bits per heavy atom. The van der Waals surface area contributed by atoms with Crippen LogP contribution in [0, 0.1) is 11.6 Å². The van der Waals surface area contributed by atoms with Crippen LogP contribution in [0.5, 0.6) is 0 Å². The highest BCUT2D eigenvalue weighted by Gasteiger charge is 2.23. The Morgan fingerprint density at radius 2 is 2.13 bits per heavy atom. The molecular weight excluding hydrogens is 302 g/mol. The quantitative estimate of drug-likeness (QED) is 0.928. The smallest absolute Gasteiger partial charge is 0.224 e. The highest BCUT2D eigenvalue weighted by atomic mass is 19.1. The molecule has 0 unspecified atom stereocenters. The van der Waals surface area contributed by atoms with Crippen molar-refractivity contribution in [3.05, 3.63) is 53.4 Å². The molecule has 1 atom stereocenters. The fourth-order valence-corrected chi connectivity index (χ4v) is 2.81. The fourth-order valence-electron chi connectivity index (χ4n) is 2.81. The second-order valence-corrected chi connectivity index (χ2v) is 5.77. The van der Waals surface area contributed by atoms with Crippen molar-refractivity contribution in [2.45, 2.75) is 32.0 Å². The lowest BCUT2D eigenvalue weighted by atomic mass is 10.0. The number of carbonyl (C=O) groups excluding carboxylic acids is 1. The molecule has 2 N–H and O–H groups in total. The van der Waals surface area contributed by atoms with E-state index in [0.29, 0.717) is 19.6 Å². The van der Waals surface area contributed by atoms with Gasteiger partial charge in [0.25, 0.3) is 0 Å². The molecule has 0 aliphatic carbocycles. The molecule has 1 amide bonds. The minimum Gasteiger partial charge on any atom is -0.335 e. The molecule has 0 bridgehead atoms. The van der Waals surface area contributed by atoms with E-state index in [1.54, 1.807) is 11.1 Å². The van der Waals surface area contributed by atoms with Gasteiger partial charge in [-0.3, -0.25) is 9.48 Å². The summed E-state index contributed by atoms with van der Waals surface area (Å²) in [5.41, 5.74) is 7.13. The number of rotatable bonds is 4. The number of amides is 1. The first kappa shape index (κ1) is 15.6. The minimum absolute atomic E-state index is 0.0817. The zero-order chi connectivity index (χ0) is 16.4. The van der Waals surface area contributed by atoms with E-state index in [2.05, 4.69) is 5.10 Å². The van der Waals surface area contributed by atoms with Gasteiger partial charge in [-0.05, 0) is 36.2 Å². The molecule has 0 radical (unpaired) electrons. The van der Waals surface area contributed by atoms with Crippen LogP contribution in [0.3, 0.4) is 0 Å². The molecule has 3 rings (SSSR count). The van der Waals surface area contributed by atoms with Crippen LogP contribution in [0.1, 0.15) is 17.7 Å². The van der Waals surface area contributed by atoms with Crippen LogP contribution in [-0.2, 0) is 24.3 Å². The lowest BCUT2D eigenvalue weighted by Gasteiger charge is -2.28. The summed E-state index contributed by atoms with van der Waals surface area (Å²) in [6.45, 7) is 1.73. The van der Waals surface area contributed by atoms with Gasteiger partial charge in [-0.1, -0.05) is 0 Å². The Bertz CT molecular complexity index is 716. The van der Waals surface area contributed by atoms with E-state index >= 15 is 0 Å². The summed E-state index contributed by atoms with van der Waals surface area (Å²) in [5.74, 6) is -1.10. The molecule has 0 spiro atoms. The van der Waals surface area contributed by atoms with Crippen molar-refractivity contribution in [3.63, 3.8) is 0 Å². The summed E-state index contributed by atoms with van der Waals surface area (Å²) in [4.78, 5) is 14.1. The first-order valence-electron chi connectivity index (χ1n) is 7.51. The normalized spacial score (nSPS) is 15.3. The van der Waals surface area contributed by atoms with Crippen molar-refractivity contribution in [3.8, 4) is 0 Å². The number of fused-ring (bicyclic) bond motifs is 1. The Balaban J connectivity index is 1.58. The average molecular weight is 320 g/mol. The van der Waals surface area contributed by atoms with Gasteiger partial charge in [0.15, 0.2) is 0 Å². The van der Waals surface area contributed by atoms with Crippen molar-refractivity contribution in [1.82, 2.24) is 14.7 Å². The highest BCUT2D eigenvalue weighted by molar-refractivity contribution is 5.77. The summed E-state index contributed by atoms with van der Waals surface area (Å²) >= 11 is 0. The van der Waals surface area contributed by atoms with Crippen LogP contribution in [0.15, 0.2) is 30.5 Å². The molecule has 0 saturated heterocycles. The summed E-state index contributed by atoms with van der Waals surface area (Å²) in [5, 5.41) is 4.16. The van der Waals surface area contributed by atoms with E-state index in [4.69, 9.17) is 5.73 Å². The Morgan fingerprint density at radius 1 is 1.30 bits per heavy atom. The van der Waals surface area contributed by atoms with E-state index in [1.807, 2.05) is 10.7 Å². The van der Waals surface area contributed by atoms with Crippen LogP contribution in [0.4, 0.5) is 8.78 Å². The number of benzene rings is 1. The molecule has 0 fully saturated rings. The maximum absolute atomic E-state index is 13.6. The van der Waals surface area contributed by atoms with E-state index in [-0.39, 0.29) is 24.3 Å². The summed E-state index contributed by atoms with van der Waals surface area (Å²) < 4.78 is 28.7. The second-order valence-electron chi connectivity index (χ2n) is 5.77. The molecule has 2 heterocycles. The number of nitrogens with two attached hydrogens (primary N) is 1. The molecule has 0 saturated carbocycles. The molecule has 122 valence electrons. The van der Waals surface area contributed by atoms with Crippen LogP contribution >= 0.6 is 0 Å². The van der Waals surface area contributed by atoms with Crippen molar-refractivity contribution in [2.24, 2.45) is 5.73 Å². The minimum atomic E-state index is -0.550. The zero-order valence-corrected chi connectivity index (χ0v) is 12.6. The first-order valence-corrected chi connectivity index (χ1v) is 7.51. The third-order valence-corrected chi connectivity index (χ3v) is 4.02. The number of carbonyl (C=O) groups is 1. The van der Waals surface area contributed by atoms with E-state index in [0.717, 1.165) is 23.9 Å². The molecule has 7 heteroatoms. The highest BCUT2D eigenvalue weighted by Crippen LogP contribution is 2.15. The molecule has 2 aromatic rings. The van der Waals surface area contributed by atoms with Gasteiger partial charge < -0.3 is 10.6 Å². The number of hydrogen-bond donors (Lipinski definition) is 1. The van der Waals surface area contributed by atoms with Crippen molar-refractivity contribution >= 4 is 5.91 Å². The molecule has 1 aromatic carbocycles. The van der Waals surface area contributed by atoms with Crippen LogP contribution in [0.2, 0.25) is 0 Å².